The molecule has 4 nitrogen and oxygen atoms in total. The standard InChI is InChI=1S/C3H6N2O2/c1-5(4-7)2-3-6/h3H,2H2,1H3. The highest BCUT2D eigenvalue weighted by Crippen LogP contribution is 1.73. The van der Waals surface area contributed by atoms with Crippen molar-refractivity contribution in [1.29, 1.82) is 0 Å². The first-order valence-corrected chi connectivity index (χ1v) is 1.79. The molecule has 7 heavy (non-hydrogen) atoms. The van der Waals surface area contributed by atoms with E-state index in [4.69, 9.17) is 0 Å². The van der Waals surface area contributed by atoms with Gasteiger partial charge in [0, 0.05) is 7.05 Å². The number of nitroso groups, excluding NO2 is 1. The van der Waals surface area contributed by atoms with Crippen molar-refractivity contribution in [2.75, 3.05) is 13.6 Å². The summed E-state index contributed by atoms with van der Waals surface area (Å²) in [5, 5.41) is 3.44. The Balaban J connectivity index is 3.15. The van der Waals surface area contributed by atoms with E-state index in [0.717, 1.165) is 5.01 Å². The third-order valence-electron chi connectivity index (χ3n) is 0.478. The molecule has 0 aromatic rings. The number of hydrogen-bond donors (Lipinski definition) is 0. The summed E-state index contributed by atoms with van der Waals surface area (Å²) in [5.74, 6) is 0. The first-order valence-electron chi connectivity index (χ1n) is 1.79. The second-order valence-electron chi connectivity index (χ2n) is 1.09. The van der Waals surface area contributed by atoms with Gasteiger partial charge in [0.15, 0.2) is 0 Å². The molecule has 0 aliphatic carbocycles. The molecule has 4 heteroatoms. The molecule has 0 N–H and O–H groups in total. The molecule has 0 aliphatic heterocycles. The van der Waals surface area contributed by atoms with Gasteiger partial charge in [-0.05, 0) is 0 Å². The first-order chi connectivity index (χ1) is 3.31. The van der Waals surface area contributed by atoms with Gasteiger partial charge in [-0.1, -0.05) is 0 Å². The molecule has 0 fully saturated rings. The van der Waals surface area contributed by atoms with Crippen molar-refractivity contribution in [2.24, 2.45) is 5.29 Å². The monoisotopic (exact) mass is 102 g/mol. The molecule has 0 aromatic heterocycles. The van der Waals surface area contributed by atoms with Crippen LogP contribution in [0.15, 0.2) is 5.29 Å². The van der Waals surface area contributed by atoms with Crippen molar-refractivity contribution in [3.05, 3.63) is 4.91 Å². The molecule has 0 amide bonds. The maximum atomic E-state index is 9.53. The SMILES string of the molecule is CN(CC=O)N=O. The molecule has 0 bridgehead atoms. The van der Waals surface area contributed by atoms with Crippen LogP contribution in [-0.4, -0.2) is 24.9 Å². The number of rotatable bonds is 3. The number of aldehydes is 1. The molecule has 0 radical (unpaired) electrons. The van der Waals surface area contributed by atoms with Crippen LogP contribution in [0.3, 0.4) is 0 Å². The predicted molar refractivity (Wildman–Crippen MR) is 24.5 cm³/mol. The Labute approximate surface area is 41.1 Å². The topological polar surface area (TPSA) is 49.7 Å². The quantitative estimate of drug-likeness (QED) is 0.281. The molecule has 0 aliphatic rings. The number of likely N-dealkylation sites (N-methyl/N-ethyl adjacent to an activating group) is 1. The van der Waals surface area contributed by atoms with E-state index in [1.807, 2.05) is 0 Å². The maximum absolute atomic E-state index is 9.53. The Morgan fingerprint density at radius 3 is 2.57 bits per heavy atom. The van der Waals surface area contributed by atoms with Gasteiger partial charge in [0.2, 0.25) is 0 Å². The van der Waals surface area contributed by atoms with E-state index in [1.54, 1.807) is 0 Å². The summed E-state index contributed by atoms with van der Waals surface area (Å²) < 4.78 is 0. The Hall–Kier alpha value is -0.930. The zero-order valence-corrected chi connectivity index (χ0v) is 4.00. The molecular formula is C3H6N2O2. The van der Waals surface area contributed by atoms with Crippen molar-refractivity contribution >= 4 is 6.29 Å². The molecule has 0 atom stereocenters. The fraction of sp³-hybridized carbons (Fsp3) is 0.667. The highest BCUT2D eigenvalue weighted by molar-refractivity contribution is 5.51. The predicted octanol–water partition coefficient (Wildman–Crippen LogP) is -0.202. The van der Waals surface area contributed by atoms with E-state index in [9.17, 15) is 9.70 Å². The Bertz CT molecular complexity index is 73.3. The minimum atomic E-state index is 0.0729. The second kappa shape index (κ2) is 3.27. The lowest BCUT2D eigenvalue weighted by molar-refractivity contribution is -0.108. The van der Waals surface area contributed by atoms with E-state index in [2.05, 4.69) is 5.29 Å². The molecule has 0 rings (SSSR count). The van der Waals surface area contributed by atoms with Gasteiger partial charge >= 0.3 is 0 Å². The van der Waals surface area contributed by atoms with Crippen LogP contribution >= 0.6 is 0 Å². The van der Waals surface area contributed by atoms with E-state index in [0.29, 0.717) is 6.29 Å². The largest absolute Gasteiger partial charge is 0.301 e. The molecule has 40 valence electrons. The molecule has 0 spiro atoms. The molecular weight excluding hydrogens is 96.0 g/mol. The maximum Gasteiger partial charge on any atom is 0.141 e. The van der Waals surface area contributed by atoms with Crippen LogP contribution in [-0.2, 0) is 4.79 Å². The smallest absolute Gasteiger partial charge is 0.141 e. The van der Waals surface area contributed by atoms with Gasteiger partial charge in [0.1, 0.15) is 6.29 Å². The summed E-state index contributed by atoms with van der Waals surface area (Å²) in [5.41, 5.74) is 0. The van der Waals surface area contributed by atoms with Crippen molar-refractivity contribution in [3.8, 4) is 0 Å². The summed E-state index contributed by atoms with van der Waals surface area (Å²) in [6.45, 7) is 0.0729. The summed E-state index contributed by atoms with van der Waals surface area (Å²) in [6, 6.07) is 0. The minimum absolute atomic E-state index is 0.0729. The second-order valence-corrected chi connectivity index (χ2v) is 1.09. The number of carbonyl (C=O) groups excluding carboxylic acids is 1. The summed E-state index contributed by atoms with van der Waals surface area (Å²) in [6.07, 6.45) is 0.612. The van der Waals surface area contributed by atoms with Crippen LogP contribution in [0.25, 0.3) is 0 Å². The van der Waals surface area contributed by atoms with Crippen molar-refractivity contribution in [1.82, 2.24) is 5.01 Å². The van der Waals surface area contributed by atoms with Gasteiger partial charge < -0.3 is 4.79 Å². The van der Waals surface area contributed by atoms with Crippen LogP contribution in [0.2, 0.25) is 0 Å². The highest BCUT2D eigenvalue weighted by Gasteiger charge is 1.86. The Morgan fingerprint density at radius 1 is 1.86 bits per heavy atom. The van der Waals surface area contributed by atoms with Crippen LogP contribution in [0.5, 0.6) is 0 Å². The van der Waals surface area contributed by atoms with Gasteiger partial charge in [-0.25, -0.2) is 0 Å². The average molecular weight is 102 g/mol. The lowest BCUT2D eigenvalue weighted by atomic mass is 10.7. The summed E-state index contributed by atoms with van der Waals surface area (Å²) >= 11 is 0. The highest BCUT2D eigenvalue weighted by atomic mass is 16.3. The molecule has 0 aromatic carbocycles. The normalized spacial score (nSPS) is 7.57. The zero-order chi connectivity index (χ0) is 5.70. The van der Waals surface area contributed by atoms with Gasteiger partial charge in [0.25, 0.3) is 0 Å². The lowest BCUT2D eigenvalue weighted by Gasteiger charge is -1.98. The number of hydrogen-bond acceptors (Lipinski definition) is 3. The third kappa shape index (κ3) is 2.88. The lowest BCUT2D eigenvalue weighted by Crippen LogP contribution is -2.11. The van der Waals surface area contributed by atoms with E-state index in [-0.39, 0.29) is 6.54 Å². The van der Waals surface area contributed by atoms with E-state index < -0.39 is 0 Å². The fourth-order valence-electron chi connectivity index (χ4n) is 0.141. The minimum Gasteiger partial charge on any atom is -0.301 e. The molecule has 0 heterocycles. The Kier molecular flexibility index (Phi) is 2.83. The van der Waals surface area contributed by atoms with Gasteiger partial charge in [0.05, 0.1) is 11.8 Å². The van der Waals surface area contributed by atoms with E-state index in [1.165, 1.54) is 7.05 Å². The first kappa shape index (κ1) is 6.07. The molecule has 0 unspecified atom stereocenters. The van der Waals surface area contributed by atoms with Crippen molar-refractivity contribution < 1.29 is 4.79 Å². The zero-order valence-electron chi connectivity index (χ0n) is 4.00. The fourth-order valence-corrected chi connectivity index (χ4v) is 0.141. The van der Waals surface area contributed by atoms with Gasteiger partial charge in [-0.2, -0.15) is 0 Å². The summed E-state index contributed by atoms with van der Waals surface area (Å²) in [4.78, 5) is 18.9. The molecule has 0 saturated heterocycles. The average Bonchev–Trinajstić information content (AvgIpc) is 1.68. The van der Waals surface area contributed by atoms with Crippen molar-refractivity contribution in [3.63, 3.8) is 0 Å². The van der Waals surface area contributed by atoms with Crippen LogP contribution < -0.4 is 0 Å². The van der Waals surface area contributed by atoms with Crippen LogP contribution in [0.1, 0.15) is 0 Å². The summed E-state index contributed by atoms with van der Waals surface area (Å²) in [7, 11) is 1.43. The molecule has 0 saturated carbocycles. The van der Waals surface area contributed by atoms with Crippen LogP contribution in [0, 0.1) is 4.91 Å². The van der Waals surface area contributed by atoms with Gasteiger partial charge in [-0.15, -0.1) is 4.91 Å². The van der Waals surface area contributed by atoms with Crippen molar-refractivity contribution in [2.45, 2.75) is 0 Å². The Morgan fingerprint density at radius 2 is 2.43 bits per heavy atom. The van der Waals surface area contributed by atoms with E-state index >= 15 is 0 Å². The van der Waals surface area contributed by atoms with Gasteiger partial charge in [-0.3, -0.25) is 5.01 Å². The number of nitrogens with zero attached hydrogens (tertiary/aromatic N) is 2. The van der Waals surface area contributed by atoms with Crippen LogP contribution in [0.4, 0.5) is 0 Å². The number of carbonyl (C=O) groups is 1. The third-order valence-corrected chi connectivity index (χ3v) is 0.478.